The molecule has 9 nitrogen and oxygen atoms in total. The summed E-state index contributed by atoms with van der Waals surface area (Å²) in [5.74, 6) is 1.60. The van der Waals surface area contributed by atoms with Crippen molar-refractivity contribution in [3.63, 3.8) is 0 Å². The second kappa shape index (κ2) is 10.1. The number of hydrogen-bond donors (Lipinski definition) is 0. The summed E-state index contributed by atoms with van der Waals surface area (Å²) in [5.41, 5.74) is 1.08. The highest BCUT2D eigenvalue weighted by Gasteiger charge is 2.23. The van der Waals surface area contributed by atoms with Gasteiger partial charge in [-0.2, -0.15) is 5.26 Å². The number of carbonyl (C=O) groups excluding carboxylic acids is 1. The molecule has 1 fully saturated rings. The Morgan fingerprint density at radius 3 is 2.12 bits per heavy atom. The molecule has 1 aliphatic heterocycles. The van der Waals surface area contributed by atoms with E-state index in [4.69, 9.17) is 9.47 Å². The highest BCUT2D eigenvalue weighted by Crippen LogP contribution is 2.22. The lowest BCUT2D eigenvalue weighted by Gasteiger charge is -2.36. The Labute approximate surface area is 197 Å². The van der Waals surface area contributed by atoms with Crippen LogP contribution in [-0.2, 0) is 11.3 Å². The first-order valence-corrected chi connectivity index (χ1v) is 10.8. The molecule has 0 bridgehead atoms. The average Bonchev–Trinajstić information content (AvgIpc) is 2.90. The molecule has 0 N–H and O–H groups in total. The zero-order chi connectivity index (χ0) is 24.1. The molecule has 0 unspecified atom stereocenters. The number of benzene rings is 2. The van der Waals surface area contributed by atoms with E-state index in [1.54, 1.807) is 43.4 Å². The van der Waals surface area contributed by atoms with Gasteiger partial charge in [0.1, 0.15) is 35.5 Å². The molecule has 3 aromatic rings. The van der Waals surface area contributed by atoms with Crippen molar-refractivity contribution in [2.45, 2.75) is 6.54 Å². The Bertz CT molecular complexity index is 1250. The van der Waals surface area contributed by atoms with Crippen molar-refractivity contribution >= 4 is 11.6 Å². The summed E-state index contributed by atoms with van der Waals surface area (Å²) in [6.07, 6.45) is 1.25. The molecule has 34 heavy (non-hydrogen) atoms. The summed E-state index contributed by atoms with van der Waals surface area (Å²) in [6.45, 7) is 2.22. The molecule has 1 saturated heterocycles. The van der Waals surface area contributed by atoms with Crippen molar-refractivity contribution in [1.29, 1.82) is 5.26 Å². The Hall–Kier alpha value is -4.32. The van der Waals surface area contributed by atoms with Crippen LogP contribution in [0.2, 0.25) is 0 Å². The third-order valence-electron chi connectivity index (χ3n) is 5.88. The molecular formula is C25H25N5O4. The van der Waals surface area contributed by atoms with Gasteiger partial charge in [0, 0.05) is 37.4 Å². The van der Waals surface area contributed by atoms with Crippen molar-refractivity contribution in [2.24, 2.45) is 0 Å². The number of ether oxygens (including phenoxy) is 2. The molecular weight excluding hydrogens is 434 g/mol. The predicted octanol–water partition coefficient (Wildman–Crippen LogP) is 2.15. The number of nitrogens with zero attached hydrogens (tertiary/aromatic N) is 5. The number of anilines is 1. The molecule has 0 saturated carbocycles. The van der Waals surface area contributed by atoms with E-state index in [0.717, 1.165) is 11.4 Å². The number of amides is 1. The minimum absolute atomic E-state index is 0.102. The van der Waals surface area contributed by atoms with Crippen molar-refractivity contribution < 1.29 is 14.3 Å². The molecule has 2 heterocycles. The molecule has 0 radical (unpaired) electrons. The van der Waals surface area contributed by atoms with Crippen LogP contribution in [0.5, 0.6) is 11.5 Å². The molecule has 0 aliphatic carbocycles. The third kappa shape index (κ3) is 4.71. The van der Waals surface area contributed by atoms with Crippen LogP contribution in [0.1, 0.15) is 5.56 Å². The topological polar surface area (TPSA) is 101 Å². The molecule has 2 aromatic carbocycles. The van der Waals surface area contributed by atoms with Crippen molar-refractivity contribution in [2.75, 3.05) is 45.3 Å². The van der Waals surface area contributed by atoms with Crippen LogP contribution in [0.25, 0.3) is 11.4 Å². The van der Waals surface area contributed by atoms with Gasteiger partial charge in [0.2, 0.25) is 5.91 Å². The molecule has 1 aromatic heterocycles. The lowest BCUT2D eigenvalue weighted by atomic mass is 10.2. The second-order valence-corrected chi connectivity index (χ2v) is 7.79. The van der Waals surface area contributed by atoms with Gasteiger partial charge in [0.15, 0.2) is 0 Å². The predicted molar refractivity (Wildman–Crippen MR) is 127 cm³/mol. The fourth-order valence-corrected chi connectivity index (χ4v) is 3.93. The Kier molecular flexibility index (Phi) is 6.78. The largest absolute Gasteiger partial charge is 0.497 e. The van der Waals surface area contributed by atoms with E-state index < -0.39 is 5.56 Å². The first-order valence-electron chi connectivity index (χ1n) is 10.8. The summed E-state index contributed by atoms with van der Waals surface area (Å²) in [5, 5.41) is 9.30. The van der Waals surface area contributed by atoms with Crippen LogP contribution >= 0.6 is 0 Å². The Morgan fingerprint density at radius 1 is 0.971 bits per heavy atom. The molecule has 0 atom stereocenters. The van der Waals surface area contributed by atoms with E-state index in [0.29, 0.717) is 43.3 Å². The number of rotatable bonds is 6. The number of aromatic nitrogens is 2. The van der Waals surface area contributed by atoms with Crippen LogP contribution in [0.3, 0.4) is 0 Å². The SMILES string of the molecule is COc1ccc(-c2ncc(C#N)c(=O)n2CC(=O)N2CCN(c3ccc(OC)cc3)CC2)cc1. The first-order chi connectivity index (χ1) is 16.5. The van der Waals surface area contributed by atoms with E-state index in [1.807, 2.05) is 30.3 Å². The lowest BCUT2D eigenvalue weighted by Crippen LogP contribution is -2.50. The molecule has 0 spiro atoms. The highest BCUT2D eigenvalue weighted by atomic mass is 16.5. The standard InChI is InChI=1S/C25H25N5O4/c1-33-21-7-3-18(4-8-21)24-27-16-19(15-26)25(32)30(24)17-23(31)29-13-11-28(12-14-29)20-5-9-22(34-2)10-6-20/h3-10,16H,11-14,17H2,1-2H3. The van der Waals surface area contributed by atoms with Crippen molar-refractivity contribution in [1.82, 2.24) is 14.5 Å². The number of carbonyl (C=O) groups is 1. The molecule has 1 amide bonds. The maximum Gasteiger partial charge on any atom is 0.272 e. The van der Waals surface area contributed by atoms with E-state index in [-0.39, 0.29) is 18.0 Å². The molecule has 1 aliphatic rings. The summed E-state index contributed by atoms with van der Waals surface area (Å²) < 4.78 is 11.7. The highest BCUT2D eigenvalue weighted by molar-refractivity contribution is 5.77. The summed E-state index contributed by atoms with van der Waals surface area (Å²) >= 11 is 0. The summed E-state index contributed by atoms with van der Waals surface area (Å²) in [6, 6.07) is 16.7. The fraction of sp³-hybridized carbons (Fsp3) is 0.280. The minimum atomic E-state index is -0.534. The fourth-order valence-electron chi connectivity index (χ4n) is 3.93. The molecule has 174 valence electrons. The van der Waals surface area contributed by atoms with E-state index in [9.17, 15) is 14.9 Å². The van der Waals surface area contributed by atoms with Crippen molar-refractivity contribution in [3.8, 4) is 29.0 Å². The summed E-state index contributed by atoms with van der Waals surface area (Å²) in [7, 11) is 3.20. The zero-order valence-electron chi connectivity index (χ0n) is 19.1. The van der Waals surface area contributed by atoms with E-state index in [1.165, 1.54) is 10.8 Å². The van der Waals surface area contributed by atoms with Crippen LogP contribution in [-0.4, -0.2) is 60.8 Å². The number of nitriles is 1. The van der Waals surface area contributed by atoms with Gasteiger partial charge in [-0.25, -0.2) is 4.98 Å². The first kappa shape index (κ1) is 22.9. The monoisotopic (exact) mass is 459 g/mol. The molecule has 9 heteroatoms. The normalized spacial score (nSPS) is 13.3. The van der Waals surface area contributed by atoms with Crippen LogP contribution in [0, 0.1) is 11.3 Å². The maximum absolute atomic E-state index is 13.1. The Balaban J connectivity index is 1.51. The quantitative estimate of drug-likeness (QED) is 0.557. The Morgan fingerprint density at radius 2 is 1.56 bits per heavy atom. The van der Waals surface area contributed by atoms with Gasteiger partial charge in [-0.05, 0) is 48.5 Å². The van der Waals surface area contributed by atoms with Gasteiger partial charge >= 0.3 is 0 Å². The minimum Gasteiger partial charge on any atom is -0.497 e. The van der Waals surface area contributed by atoms with E-state index in [2.05, 4.69) is 9.88 Å². The second-order valence-electron chi connectivity index (χ2n) is 7.79. The van der Waals surface area contributed by atoms with Crippen LogP contribution in [0.15, 0.2) is 59.5 Å². The number of piperazine rings is 1. The lowest BCUT2D eigenvalue weighted by molar-refractivity contribution is -0.132. The van der Waals surface area contributed by atoms with Gasteiger partial charge in [-0.1, -0.05) is 0 Å². The van der Waals surface area contributed by atoms with Crippen LogP contribution < -0.4 is 19.9 Å². The average molecular weight is 460 g/mol. The number of methoxy groups -OCH3 is 2. The van der Waals surface area contributed by atoms with E-state index >= 15 is 0 Å². The third-order valence-corrected chi connectivity index (χ3v) is 5.88. The van der Waals surface area contributed by atoms with Gasteiger partial charge < -0.3 is 19.3 Å². The summed E-state index contributed by atoms with van der Waals surface area (Å²) in [4.78, 5) is 34.3. The van der Waals surface area contributed by atoms with Crippen LogP contribution in [0.4, 0.5) is 5.69 Å². The van der Waals surface area contributed by atoms with Gasteiger partial charge in [-0.3, -0.25) is 14.2 Å². The molecule has 4 rings (SSSR count). The number of hydrogen-bond acceptors (Lipinski definition) is 7. The van der Waals surface area contributed by atoms with Gasteiger partial charge in [0.05, 0.1) is 20.4 Å². The van der Waals surface area contributed by atoms with Gasteiger partial charge in [0.25, 0.3) is 5.56 Å². The smallest absolute Gasteiger partial charge is 0.272 e. The van der Waals surface area contributed by atoms with Gasteiger partial charge in [-0.15, -0.1) is 0 Å². The maximum atomic E-state index is 13.1. The zero-order valence-corrected chi connectivity index (χ0v) is 19.1. The van der Waals surface area contributed by atoms with Crippen molar-refractivity contribution in [3.05, 3.63) is 70.6 Å².